The summed E-state index contributed by atoms with van der Waals surface area (Å²) < 4.78 is 0.782. The number of halogens is 1. The average molecular weight is 286 g/mol. The molecule has 0 aliphatic carbocycles. The van der Waals surface area contributed by atoms with Gasteiger partial charge >= 0.3 is 0 Å². The number of hydrogen-bond donors (Lipinski definition) is 1. The van der Waals surface area contributed by atoms with Crippen molar-refractivity contribution < 1.29 is 0 Å². The first-order valence-corrected chi connectivity index (χ1v) is 7.18. The Balaban J connectivity index is 2.15. The lowest BCUT2D eigenvalue weighted by Gasteiger charge is -2.11. The molecule has 2 heterocycles. The second kappa shape index (κ2) is 5.82. The standard InChI is InChI=1S/C11H12ClN3S2/c1-7-4-5-14-11(15-7)17-9(6-13)8-2-3-10(12)16-8/h2-5,9H,6,13H2,1H3. The Morgan fingerprint density at radius 1 is 1.47 bits per heavy atom. The molecule has 0 aromatic carbocycles. The number of aryl methyl sites for hydroxylation is 1. The van der Waals surface area contributed by atoms with Crippen molar-refractivity contribution in [2.24, 2.45) is 5.73 Å². The lowest BCUT2D eigenvalue weighted by Crippen LogP contribution is -2.08. The average Bonchev–Trinajstić information content (AvgIpc) is 2.73. The Morgan fingerprint density at radius 3 is 2.88 bits per heavy atom. The molecule has 90 valence electrons. The van der Waals surface area contributed by atoms with E-state index in [4.69, 9.17) is 17.3 Å². The van der Waals surface area contributed by atoms with Crippen molar-refractivity contribution in [1.82, 2.24) is 9.97 Å². The molecule has 2 N–H and O–H groups in total. The summed E-state index contributed by atoms with van der Waals surface area (Å²) in [4.78, 5) is 9.75. The van der Waals surface area contributed by atoms with Crippen LogP contribution in [0.4, 0.5) is 0 Å². The third-order valence-corrected chi connectivity index (χ3v) is 4.78. The molecule has 0 bridgehead atoms. The number of aromatic nitrogens is 2. The third-order valence-electron chi connectivity index (χ3n) is 2.15. The zero-order valence-electron chi connectivity index (χ0n) is 9.26. The van der Waals surface area contributed by atoms with Crippen LogP contribution in [0, 0.1) is 6.92 Å². The summed E-state index contributed by atoms with van der Waals surface area (Å²) in [7, 11) is 0. The zero-order valence-corrected chi connectivity index (χ0v) is 11.6. The van der Waals surface area contributed by atoms with Crippen molar-refractivity contribution in [3.8, 4) is 0 Å². The third kappa shape index (κ3) is 3.42. The highest BCUT2D eigenvalue weighted by molar-refractivity contribution is 7.99. The molecule has 1 unspecified atom stereocenters. The van der Waals surface area contributed by atoms with E-state index in [1.807, 2.05) is 25.1 Å². The second-order valence-corrected chi connectivity index (χ2v) is 6.38. The first-order chi connectivity index (χ1) is 8.19. The lowest BCUT2D eigenvalue weighted by atomic mass is 10.3. The van der Waals surface area contributed by atoms with E-state index in [0.717, 1.165) is 20.1 Å². The number of nitrogens with two attached hydrogens (primary N) is 1. The molecule has 1 atom stereocenters. The number of nitrogens with zero attached hydrogens (tertiary/aromatic N) is 2. The maximum absolute atomic E-state index is 5.93. The molecule has 0 saturated carbocycles. The smallest absolute Gasteiger partial charge is 0.188 e. The van der Waals surface area contributed by atoms with Crippen molar-refractivity contribution in [2.75, 3.05) is 6.54 Å². The van der Waals surface area contributed by atoms with E-state index in [0.29, 0.717) is 6.54 Å². The molecule has 2 aromatic rings. The topological polar surface area (TPSA) is 51.8 Å². The maximum atomic E-state index is 5.93. The van der Waals surface area contributed by atoms with Gasteiger partial charge < -0.3 is 5.73 Å². The second-order valence-electron chi connectivity index (χ2n) is 3.46. The van der Waals surface area contributed by atoms with Gasteiger partial charge in [0.15, 0.2) is 5.16 Å². The van der Waals surface area contributed by atoms with Crippen LogP contribution in [-0.4, -0.2) is 16.5 Å². The van der Waals surface area contributed by atoms with Crippen LogP contribution in [-0.2, 0) is 0 Å². The fourth-order valence-electron chi connectivity index (χ4n) is 1.33. The highest BCUT2D eigenvalue weighted by atomic mass is 35.5. The van der Waals surface area contributed by atoms with E-state index in [1.54, 1.807) is 29.3 Å². The van der Waals surface area contributed by atoms with Crippen LogP contribution >= 0.6 is 34.7 Å². The van der Waals surface area contributed by atoms with Crippen molar-refractivity contribution in [2.45, 2.75) is 17.3 Å². The minimum absolute atomic E-state index is 0.161. The molecule has 17 heavy (non-hydrogen) atoms. The molecule has 2 aromatic heterocycles. The van der Waals surface area contributed by atoms with Gasteiger partial charge in [-0.1, -0.05) is 23.4 Å². The van der Waals surface area contributed by atoms with E-state index in [1.165, 1.54) is 0 Å². The molecule has 0 spiro atoms. The van der Waals surface area contributed by atoms with Gasteiger partial charge in [-0.25, -0.2) is 9.97 Å². The minimum Gasteiger partial charge on any atom is -0.329 e. The highest BCUT2D eigenvalue weighted by Crippen LogP contribution is 2.37. The zero-order chi connectivity index (χ0) is 12.3. The fraction of sp³-hybridized carbons (Fsp3) is 0.273. The van der Waals surface area contributed by atoms with Crippen LogP contribution in [0.1, 0.15) is 15.8 Å². The predicted molar refractivity (Wildman–Crippen MR) is 73.8 cm³/mol. The van der Waals surface area contributed by atoms with Crippen LogP contribution in [0.2, 0.25) is 4.34 Å². The molecular formula is C11H12ClN3S2. The molecule has 0 fully saturated rings. The van der Waals surface area contributed by atoms with Gasteiger partial charge in [0.2, 0.25) is 0 Å². The van der Waals surface area contributed by atoms with Crippen molar-refractivity contribution in [3.05, 3.63) is 39.3 Å². The Morgan fingerprint density at radius 2 is 2.29 bits per heavy atom. The summed E-state index contributed by atoms with van der Waals surface area (Å²) in [6.45, 7) is 2.49. The summed E-state index contributed by atoms with van der Waals surface area (Å²) in [6, 6.07) is 5.78. The molecular weight excluding hydrogens is 274 g/mol. The number of thiophene rings is 1. The SMILES string of the molecule is Cc1ccnc(SC(CN)c2ccc(Cl)s2)n1. The summed E-state index contributed by atoms with van der Waals surface area (Å²) in [5.74, 6) is 0. The van der Waals surface area contributed by atoms with Gasteiger partial charge in [-0.3, -0.25) is 0 Å². The highest BCUT2D eigenvalue weighted by Gasteiger charge is 2.15. The van der Waals surface area contributed by atoms with Crippen LogP contribution in [0.5, 0.6) is 0 Å². The lowest BCUT2D eigenvalue weighted by molar-refractivity contribution is 0.903. The Bertz CT molecular complexity index is 501. The largest absolute Gasteiger partial charge is 0.329 e. The predicted octanol–water partition coefficient (Wildman–Crippen LogP) is 3.29. The van der Waals surface area contributed by atoms with E-state index >= 15 is 0 Å². The van der Waals surface area contributed by atoms with Crippen LogP contribution in [0.15, 0.2) is 29.6 Å². The Kier molecular flexibility index (Phi) is 4.39. The van der Waals surface area contributed by atoms with Gasteiger partial charge in [0.1, 0.15) is 0 Å². The Hall–Kier alpha value is -0.620. The van der Waals surface area contributed by atoms with Crippen molar-refractivity contribution in [3.63, 3.8) is 0 Å². The number of thioether (sulfide) groups is 1. The quantitative estimate of drug-likeness (QED) is 0.692. The molecule has 0 radical (unpaired) electrons. The van der Waals surface area contributed by atoms with Gasteiger partial charge in [0, 0.05) is 23.3 Å². The molecule has 0 saturated heterocycles. The number of rotatable bonds is 4. The summed E-state index contributed by atoms with van der Waals surface area (Å²) in [5, 5.41) is 0.916. The van der Waals surface area contributed by atoms with Gasteiger partial charge in [-0.15, -0.1) is 11.3 Å². The first-order valence-electron chi connectivity index (χ1n) is 5.10. The minimum atomic E-state index is 0.161. The summed E-state index contributed by atoms with van der Waals surface area (Å²) in [6.07, 6.45) is 1.76. The monoisotopic (exact) mass is 285 g/mol. The van der Waals surface area contributed by atoms with E-state index in [-0.39, 0.29) is 5.25 Å². The molecule has 0 aliphatic rings. The van der Waals surface area contributed by atoms with E-state index < -0.39 is 0 Å². The normalized spacial score (nSPS) is 12.6. The molecule has 6 heteroatoms. The van der Waals surface area contributed by atoms with E-state index in [9.17, 15) is 0 Å². The maximum Gasteiger partial charge on any atom is 0.188 e. The summed E-state index contributed by atoms with van der Waals surface area (Å²) >= 11 is 9.05. The molecule has 0 aliphatic heterocycles. The van der Waals surface area contributed by atoms with Gasteiger partial charge in [0.05, 0.1) is 9.59 Å². The van der Waals surface area contributed by atoms with E-state index in [2.05, 4.69) is 9.97 Å². The summed E-state index contributed by atoms with van der Waals surface area (Å²) in [5.41, 5.74) is 6.75. The molecule has 3 nitrogen and oxygen atoms in total. The molecule has 2 rings (SSSR count). The molecule has 0 amide bonds. The van der Waals surface area contributed by atoms with Gasteiger partial charge in [-0.05, 0) is 25.1 Å². The fourth-order valence-corrected chi connectivity index (χ4v) is 3.54. The van der Waals surface area contributed by atoms with Crippen LogP contribution in [0.3, 0.4) is 0 Å². The Labute approximate surface area is 113 Å². The van der Waals surface area contributed by atoms with Crippen LogP contribution in [0.25, 0.3) is 0 Å². The van der Waals surface area contributed by atoms with Gasteiger partial charge in [-0.2, -0.15) is 0 Å². The first kappa shape index (κ1) is 12.8. The van der Waals surface area contributed by atoms with Crippen LogP contribution < -0.4 is 5.73 Å². The number of hydrogen-bond acceptors (Lipinski definition) is 5. The van der Waals surface area contributed by atoms with Crippen molar-refractivity contribution in [1.29, 1.82) is 0 Å². The van der Waals surface area contributed by atoms with Gasteiger partial charge in [0.25, 0.3) is 0 Å². The van der Waals surface area contributed by atoms with Crippen molar-refractivity contribution >= 4 is 34.7 Å².